The highest BCUT2D eigenvalue weighted by atomic mass is 16.5. The van der Waals surface area contributed by atoms with Gasteiger partial charge in [-0.1, -0.05) is 5.16 Å². The molecule has 1 heterocycles. The van der Waals surface area contributed by atoms with Gasteiger partial charge >= 0.3 is 0 Å². The molecular formula is C13H23N3O2. The molecule has 0 spiro atoms. The summed E-state index contributed by atoms with van der Waals surface area (Å²) in [5.74, 6) is 1.74. The maximum atomic E-state index is 5.90. The van der Waals surface area contributed by atoms with Gasteiger partial charge in [0.15, 0.2) is 0 Å². The quantitative estimate of drug-likeness (QED) is 0.891. The molecule has 5 nitrogen and oxygen atoms in total. The average molecular weight is 253 g/mol. The second-order valence-electron chi connectivity index (χ2n) is 5.51. The van der Waals surface area contributed by atoms with E-state index in [0.29, 0.717) is 24.4 Å². The maximum absolute atomic E-state index is 5.90. The highest BCUT2D eigenvalue weighted by Crippen LogP contribution is 2.32. The van der Waals surface area contributed by atoms with Crippen molar-refractivity contribution in [2.75, 3.05) is 6.61 Å². The molecule has 1 fully saturated rings. The molecule has 102 valence electrons. The van der Waals surface area contributed by atoms with Gasteiger partial charge in [0.1, 0.15) is 5.60 Å². The second kappa shape index (κ2) is 5.36. The zero-order chi connectivity index (χ0) is 13.2. The molecule has 0 bridgehead atoms. The molecule has 1 aromatic rings. The van der Waals surface area contributed by atoms with E-state index in [1.807, 2.05) is 20.8 Å². The third kappa shape index (κ3) is 2.90. The van der Waals surface area contributed by atoms with E-state index in [2.05, 4.69) is 10.1 Å². The molecule has 0 unspecified atom stereocenters. The van der Waals surface area contributed by atoms with Crippen molar-refractivity contribution in [3.63, 3.8) is 0 Å². The molecule has 0 aliphatic heterocycles. The molecule has 0 saturated heterocycles. The third-order valence-corrected chi connectivity index (χ3v) is 3.61. The summed E-state index contributed by atoms with van der Waals surface area (Å²) in [5.41, 5.74) is 5.42. The Balaban J connectivity index is 2.06. The Morgan fingerprint density at radius 3 is 2.61 bits per heavy atom. The molecule has 0 radical (unpaired) electrons. The molecule has 0 amide bonds. The lowest BCUT2D eigenvalue weighted by atomic mass is 9.86. The minimum atomic E-state index is -0.485. The van der Waals surface area contributed by atoms with Crippen molar-refractivity contribution >= 4 is 0 Å². The molecule has 0 aromatic carbocycles. The van der Waals surface area contributed by atoms with Crippen molar-refractivity contribution in [2.45, 2.75) is 64.0 Å². The Labute approximate surface area is 108 Å². The third-order valence-electron chi connectivity index (χ3n) is 3.61. The monoisotopic (exact) mass is 253 g/mol. The zero-order valence-corrected chi connectivity index (χ0v) is 11.5. The van der Waals surface area contributed by atoms with Crippen LogP contribution < -0.4 is 5.73 Å². The lowest BCUT2D eigenvalue weighted by molar-refractivity contribution is -0.0221. The molecule has 5 heteroatoms. The lowest BCUT2D eigenvalue weighted by Gasteiger charge is -2.23. The van der Waals surface area contributed by atoms with Crippen LogP contribution in [0.3, 0.4) is 0 Å². The van der Waals surface area contributed by atoms with Crippen molar-refractivity contribution in [3.8, 4) is 0 Å². The van der Waals surface area contributed by atoms with E-state index in [-0.39, 0.29) is 0 Å². The topological polar surface area (TPSA) is 74.2 Å². The molecule has 1 aromatic heterocycles. The van der Waals surface area contributed by atoms with E-state index in [4.69, 9.17) is 15.0 Å². The second-order valence-corrected chi connectivity index (χ2v) is 5.51. The standard InChI is InChI=1S/C13H23N3O2/c1-4-17-13(2,3)12-15-11(18-16-12)9-5-7-10(14)8-6-9/h9-10H,4-8,14H2,1-3H3. The Hall–Kier alpha value is -0.940. The molecule has 18 heavy (non-hydrogen) atoms. The fourth-order valence-electron chi connectivity index (χ4n) is 2.44. The Kier molecular flexibility index (Phi) is 4.02. The summed E-state index contributed by atoms with van der Waals surface area (Å²) in [7, 11) is 0. The summed E-state index contributed by atoms with van der Waals surface area (Å²) in [4.78, 5) is 4.51. The number of aromatic nitrogens is 2. The molecule has 2 N–H and O–H groups in total. The average Bonchev–Trinajstić information content (AvgIpc) is 2.80. The van der Waals surface area contributed by atoms with Gasteiger partial charge in [-0.2, -0.15) is 4.98 Å². The smallest absolute Gasteiger partial charge is 0.229 e. The van der Waals surface area contributed by atoms with Gasteiger partial charge in [0.2, 0.25) is 11.7 Å². The molecule has 1 aliphatic carbocycles. The highest BCUT2D eigenvalue weighted by molar-refractivity contribution is 5.02. The lowest BCUT2D eigenvalue weighted by Crippen LogP contribution is -2.26. The van der Waals surface area contributed by atoms with Crippen LogP contribution in [0.1, 0.15) is 64.1 Å². The van der Waals surface area contributed by atoms with Crippen molar-refractivity contribution in [3.05, 3.63) is 11.7 Å². The minimum absolute atomic E-state index is 0.337. The molecule has 0 atom stereocenters. The van der Waals surface area contributed by atoms with Crippen molar-refractivity contribution in [2.24, 2.45) is 5.73 Å². The molecular weight excluding hydrogens is 230 g/mol. The van der Waals surface area contributed by atoms with Crippen molar-refractivity contribution in [1.82, 2.24) is 10.1 Å². The number of hydrogen-bond donors (Lipinski definition) is 1. The highest BCUT2D eigenvalue weighted by Gasteiger charge is 2.30. The fraction of sp³-hybridized carbons (Fsp3) is 0.846. The van der Waals surface area contributed by atoms with Gasteiger partial charge in [0.25, 0.3) is 0 Å². The number of nitrogens with two attached hydrogens (primary N) is 1. The molecule has 1 aliphatic rings. The Bertz CT molecular complexity index is 381. The van der Waals surface area contributed by atoms with Crippen LogP contribution in [0.4, 0.5) is 0 Å². The minimum Gasteiger partial charge on any atom is -0.368 e. The van der Waals surface area contributed by atoms with Crippen molar-refractivity contribution in [1.29, 1.82) is 0 Å². The van der Waals surface area contributed by atoms with E-state index in [1.165, 1.54) is 0 Å². The summed E-state index contributed by atoms with van der Waals surface area (Å²) in [6.45, 7) is 6.52. The SMILES string of the molecule is CCOC(C)(C)c1noc(C2CCC(N)CC2)n1. The first-order chi connectivity index (χ1) is 8.53. The van der Waals surface area contributed by atoms with Gasteiger partial charge in [-0.05, 0) is 46.5 Å². The largest absolute Gasteiger partial charge is 0.368 e. The van der Waals surface area contributed by atoms with Gasteiger partial charge in [-0.3, -0.25) is 0 Å². The van der Waals surface area contributed by atoms with E-state index in [9.17, 15) is 0 Å². The van der Waals surface area contributed by atoms with Gasteiger partial charge in [-0.25, -0.2) is 0 Å². The molecule has 1 saturated carbocycles. The fourth-order valence-corrected chi connectivity index (χ4v) is 2.44. The van der Waals surface area contributed by atoms with E-state index < -0.39 is 5.60 Å². The van der Waals surface area contributed by atoms with E-state index in [1.54, 1.807) is 0 Å². The predicted molar refractivity (Wildman–Crippen MR) is 68.1 cm³/mol. The summed E-state index contributed by atoms with van der Waals surface area (Å²) in [5, 5.41) is 4.06. The van der Waals surface area contributed by atoms with Crippen LogP contribution in [0, 0.1) is 0 Å². The normalized spacial score (nSPS) is 25.3. The van der Waals surface area contributed by atoms with E-state index >= 15 is 0 Å². The predicted octanol–water partition coefficient (Wildman–Crippen LogP) is 2.33. The van der Waals surface area contributed by atoms with Crippen LogP contribution in [0.5, 0.6) is 0 Å². The summed E-state index contributed by atoms with van der Waals surface area (Å²) >= 11 is 0. The van der Waals surface area contributed by atoms with E-state index in [0.717, 1.165) is 31.6 Å². The first kappa shape index (κ1) is 13.5. The van der Waals surface area contributed by atoms with Crippen LogP contribution in [-0.4, -0.2) is 22.8 Å². The maximum Gasteiger partial charge on any atom is 0.229 e. The van der Waals surface area contributed by atoms with Crippen LogP contribution in [0.15, 0.2) is 4.52 Å². The van der Waals surface area contributed by atoms with Gasteiger partial charge in [0, 0.05) is 18.6 Å². The van der Waals surface area contributed by atoms with Crippen LogP contribution in [-0.2, 0) is 10.3 Å². The van der Waals surface area contributed by atoms with Gasteiger partial charge in [-0.15, -0.1) is 0 Å². The number of rotatable bonds is 4. The first-order valence-electron chi connectivity index (χ1n) is 6.76. The van der Waals surface area contributed by atoms with Gasteiger partial charge < -0.3 is 15.0 Å². The van der Waals surface area contributed by atoms with Crippen molar-refractivity contribution < 1.29 is 9.26 Å². The van der Waals surface area contributed by atoms with Crippen LogP contribution >= 0.6 is 0 Å². The summed E-state index contributed by atoms with van der Waals surface area (Å²) < 4.78 is 11.0. The summed E-state index contributed by atoms with van der Waals surface area (Å²) in [6, 6.07) is 0.337. The summed E-state index contributed by atoms with van der Waals surface area (Å²) in [6.07, 6.45) is 4.16. The Morgan fingerprint density at radius 1 is 1.33 bits per heavy atom. The van der Waals surface area contributed by atoms with Crippen LogP contribution in [0.25, 0.3) is 0 Å². The van der Waals surface area contributed by atoms with Gasteiger partial charge in [0.05, 0.1) is 0 Å². The number of hydrogen-bond acceptors (Lipinski definition) is 5. The number of ether oxygens (including phenoxy) is 1. The van der Waals surface area contributed by atoms with Crippen LogP contribution in [0.2, 0.25) is 0 Å². The molecule has 2 rings (SSSR count). The number of nitrogens with zero attached hydrogens (tertiary/aromatic N) is 2. The first-order valence-corrected chi connectivity index (χ1v) is 6.76. The zero-order valence-electron chi connectivity index (χ0n) is 11.5. The Morgan fingerprint density at radius 2 is 2.00 bits per heavy atom.